The van der Waals surface area contributed by atoms with Gasteiger partial charge in [0.05, 0.1) is 7.11 Å². The molecule has 0 atom stereocenters. The lowest BCUT2D eigenvalue weighted by Gasteiger charge is -2.09. The quantitative estimate of drug-likeness (QED) is 0.692. The molecule has 0 spiro atoms. The smallest absolute Gasteiger partial charge is 0.124 e. The summed E-state index contributed by atoms with van der Waals surface area (Å²) in [6, 6.07) is 4.37. The van der Waals surface area contributed by atoms with Crippen molar-refractivity contribution >= 4 is 0 Å². The molecule has 1 rings (SSSR count). The van der Waals surface area contributed by atoms with E-state index in [4.69, 9.17) is 4.74 Å². The Morgan fingerprint density at radius 3 is 1.56 bits per heavy atom. The second kappa shape index (κ2) is 10.5. The van der Waals surface area contributed by atoms with Crippen LogP contribution in [0.2, 0.25) is 0 Å². The molecule has 0 N–H and O–H groups in total. The van der Waals surface area contributed by atoms with Crippen molar-refractivity contribution in [2.45, 2.75) is 54.9 Å². The van der Waals surface area contributed by atoms with E-state index < -0.39 is 0 Å². The molecular formula is C15H28O. The summed E-state index contributed by atoms with van der Waals surface area (Å²) in [6.07, 6.45) is 1.09. The fourth-order valence-corrected chi connectivity index (χ4v) is 1.57. The van der Waals surface area contributed by atoms with Crippen LogP contribution in [0, 0.1) is 13.8 Å². The molecule has 0 aliphatic carbocycles. The number of rotatable bonds is 2. The Morgan fingerprint density at radius 2 is 1.31 bits per heavy atom. The van der Waals surface area contributed by atoms with Crippen LogP contribution in [0.4, 0.5) is 0 Å². The highest BCUT2D eigenvalue weighted by Gasteiger charge is 2.03. The van der Waals surface area contributed by atoms with Crippen molar-refractivity contribution in [3.8, 4) is 5.75 Å². The lowest BCUT2D eigenvalue weighted by molar-refractivity contribution is 0.408. The maximum Gasteiger partial charge on any atom is 0.124 e. The monoisotopic (exact) mass is 224 g/mol. The Balaban J connectivity index is 0. The average Bonchev–Trinajstić information content (AvgIpc) is 2.33. The van der Waals surface area contributed by atoms with Crippen molar-refractivity contribution in [2.75, 3.05) is 7.11 Å². The van der Waals surface area contributed by atoms with Gasteiger partial charge < -0.3 is 4.74 Å². The van der Waals surface area contributed by atoms with Crippen LogP contribution >= 0.6 is 0 Å². The van der Waals surface area contributed by atoms with Gasteiger partial charge in [-0.05, 0) is 37.0 Å². The number of methoxy groups -OCH3 is 1. The number of aryl methyl sites for hydroxylation is 3. The van der Waals surface area contributed by atoms with Gasteiger partial charge in [-0.2, -0.15) is 0 Å². The summed E-state index contributed by atoms with van der Waals surface area (Å²) in [5.41, 5.74) is 3.84. The Bertz CT molecular complexity index is 254. The Morgan fingerprint density at radius 1 is 0.938 bits per heavy atom. The van der Waals surface area contributed by atoms with Gasteiger partial charge in [0.15, 0.2) is 0 Å². The van der Waals surface area contributed by atoms with Crippen LogP contribution in [-0.2, 0) is 6.42 Å². The predicted octanol–water partition coefficient (Wildman–Crippen LogP) is 4.93. The van der Waals surface area contributed by atoms with Gasteiger partial charge in [-0.25, -0.2) is 0 Å². The lowest BCUT2D eigenvalue weighted by atomic mass is 10.0. The lowest BCUT2D eigenvalue weighted by Crippen LogP contribution is -1.93. The fraction of sp³-hybridized carbons (Fsp3) is 0.600. The van der Waals surface area contributed by atoms with Crippen molar-refractivity contribution in [3.05, 3.63) is 28.8 Å². The van der Waals surface area contributed by atoms with E-state index in [2.05, 4.69) is 32.9 Å². The summed E-state index contributed by atoms with van der Waals surface area (Å²) in [5, 5.41) is 0. The minimum Gasteiger partial charge on any atom is -0.496 e. The molecule has 0 saturated carbocycles. The Hall–Kier alpha value is -0.980. The predicted molar refractivity (Wildman–Crippen MR) is 74.5 cm³/mol. The molecule has 1 nitrogen and oxygen atoms in total. The summed E-state index contributed by atoms with van der Waals surface area (Å²) in [5.74, 6) is 1.02. The molecule has 0 aromatic heterocycles. The number of hydrogen-bond donors (Lipinski definition) is 0. The van der Waals surface area contributed by atoms with Crippen molar-refractivity contribution in [3.63, 3.8) is 0 Å². The highest BCUT2D eigenvalue weighted by Crippen LogP contribution is 2.24. The molecule has 1 heteroatoms. The molecule has 0 heterocycles. The maximum absolute atomic E-state index is 5.28. The van der Waals surface area contributed by atoms with Crippen LogP contribution in [0.3, 0.4) is 0 Å². The summed E-state index contributed by atoms with van der Waals surface area (Å²) in [7, 11) is 1.72. The van der Waals surface area contributed by atoms with Crippen molar-refractivity contribution in [2.24, 2.45) is 0 Å². The SMILES string of the molecule is CC.CC.CCc1cc(C)c(OC)c(C)c1. The first-order chi connectivity index (χ1) is 7.69. The van der Waals surface area contributed by atoms with E-state index in [0.29, 0.717) is 0 Å². The first-order valence-corrected chi connectivity index (χ1v) is 6.33. The van der Waals surface area contributed by atoms with Gasteiger partial charge >= 0.3 is 0 Å². The highest BCUT2D eigenvalue weighted by atomic mass is 16.5. The Labute approximate surface area is 102 Å². The van der Waals surface area contributed by atoms with Crippen LogP contribution in [-0.4, -0.2) is 7.11 Å². The zero-order valence-corrected chi connectivity index (χ0v) is 12.3. The van der Waals surface area contributed by atoms with Gasteiger partial charge in [0, 0.05) is 0 Å². The summed E-state index contributed by atoms with van der Waals surface area (Å²) >= 11 is 0. The van der Waals surface area contributed by atoms with E-state index in [1.165, 1.54) is 16.7 Å². The molecule has 0 aliphatic heterocycles. The molecule has 0 unspecified atom stereocenters. The standard InChI is InChI=1S/C11H16O.2C2H6/c1-5-10-6-8(2)11(12-4)9(3)7-10;2*1-2/h6-7H,5H2,1-4H3;2*1-2H3. The maximum atomic E-state index is 5.28. The molecule has 0 saturated heterocycles. The van der Waals surface area contributed by atoms with E-state index in [1.54, 1.807) is 7.11 Å². The van der Waals surface area contributed by atoms with Gasteiger partial charge in [-0.15, -0.1) is 0 Å². The highest BCUT2D eigenvalue weighted by molar-refractivity contribution is 5.43. The summed E-state index contributed by atoms with van der Waals surface area (Å²) in [4.78, 5) is 0. The third-order valence-corrected chi connectivity index (χ3v) is 2.13. The third-order valence-electron chi connectivity index (χ3n) is 2.13. The van der Waals surface area contributed by atoms with Gasteiger partial charge in [0.1, 0.15) is 5.75 Å². The van der Waals surface area contributed by atoms with Crippen LogP contribution in [0.25, 0.3) is 0 Å². The summed E-state index contributed by atoms with van der Waals surface area (Å²) < 4.78 is 5.28. The van der Waals surface area contributed by atoms with Gasteiger partial charge in [-0.1, -0.05) is 46.8 Å². The van der Waals surface area contributed by atoms with Crippen molar-refractivity contribution in [1.29, 1.82) is 0 Å². The molecule has 1 aromatic rings. The van der Waals surface area contributed by atoms with Crippen LogP contribution in [0.5, 0.6) is 5.75 Å². The number of hydrogen-bond acceptors (Lipinski definition) is 1. The molecule has 0 amide bonds. The van der Waals surface area contributed by atoms with Crippen molar-refractivity contribution in [1.82, 2.24) is 0 Å². The van der Waals surface area contributed by atoms with Crippen LogP contribution in [0.15, 0.2) is 12.1 Å². The molecule has 16 heavy (non-hydrogen) atoms. The first-order valence-electron chi connectivity index (χ1n) is 6.33. The topological polar surface area (TPSA) is 9.23 Å². The zero-order chi connectivity index (χ0) is 13.1. The molecule has 0 aliphatic rings. The molecule has 94 valence electrons. The van der Waals surface area contributed by atoms with Gasteiger partial charge in [-0.3, -0.25) is 0 Å². The number of ether oxygens (including phenoxy) is 1. The van der Waals surface area contributed by atoms with Gasteiger partial charge in [0.2, 0.25) is 0 Å². The third kappa shape index (κ3) is 5.20. The minimum absolute atomic E-state index is 1.02. The summed E-state index contributed by atoms with van der Waals surface area (Å²) in [6.45, 7) is 14.3. The molecule has 1 aromatic carbocycles. The molecular weight excluding hydrogens is 196 g/mol. The van der Waals surface area contributed by atoms with E-state index in [1.807, 2.05) is 27.7 Å². The van der Waals surface area contributed by atoms with Crippen LogP contribution < -0.4 is 4.74 Å². The zero-order valence-electron chi connectivity index (χ0n) is 12.3. The van der Waals surface area contributed by atoms with Gasteiger partial charge in [0.25, 0.3) is 0 Å². The normalized spacial score (nSPS) is 8.25. The molecule has 0 fully saturated rings. The van der Waals surface area contributed by atoms with Crippen molar-refractivity contribution < 1.29 is 4.74 Å². The van der Waals surface area contributed by atoms with Crippen LogP contribution in [0.1, 0.15) is 51.3 Å². The van der Waals surface area contributed by atoms with E-state index in [-0.39, 0.29) is 0 Å². The molecule has 0 radical (unpaired) electrons. The van der Waals surface area contributed by atoms with E-state index in [9.17, 15) is 0 Å². The Kier molecular flexibility index (Phi) is 11.5. The first kappa shape index (κ1) is 17.4. The molecule has 0 bridgehead atoms. The largest absolute Gasteiger partial charge is 0.496 e. The number of benzene rings is 1. The average molecular weight is 224 g/mol. The second-order valence-corrected chi connectivity index (χ2v) is 3.12. The van der Waals surface area contributed by atoms with E-state index >= 15 is 0 Å². The minimum atomic E-state index is 1.02. The second-order valence-electron chi connectivity index (χ2n) is 3.12. The fourth-order valence-electron chi connectivity index (χ4n) is 1.57. The van der Waals surface area contributed by atoms with E-state index in [0.717, 1.165) is 12.2 Å².